The lowest BCUT2D eigenvalue weighted by Crippen LogP contribution is -2.48. The maximum atomic E-state index is 14.6. The summed E-state index contributed by atoms with van der Waals surface area (Å²) < 4.78 is 2.17. The van der Waals surface area contributed by atoms with Gasteiger partial charge in [-0.15, -0.1) is 0 Å². The second-order valence-electron chi connectivity index (χ2n) is 11.2. The Balaban J connectivity index is 1.40. The highest BCUT2D eigenvalue weighted by atomic mass is 16.2. The van der Waals surface area contributed by atoms with E-state index in [0.717, 1.165) is 52.2 Å². The van der Waals surface area contributed by atoms with Crippen LogP contribution in [-0.2, 0) is 9.59 Å². The molecule has 216 valence electrons. The number of benzene rings is 4. The van der Waals surface area contributed by atoms with Gasteiger partial charge >= 0.3 is 0 Å². The Hall–Kier alpha value is -4.90. The standard InChI is InChI=1S/C38H37N3O2/c1-3-4-25-39(38(43)36(29-14-7-5-8-15-29)30-16-9-6-10-17-30)27-35(42)41-33-19-12-11-18-32(33)40-26-13-20-34(40)37(41)31-23-21-28(2)22-24-31/h5-24,26,36-37H,3-4,25,27H2,1-2H3. The van der Waals surface area contributed by atoms with Gasteiger partial charge < -0.3 is 9.47 Å². The van der Waals surface area contributed by atoms with E-state index in [0.29, 0.717) is 6.54 Å². The van der Waals surface area contributed by atoms with Crippen LogP contribution in [0.1, 0.15) is 59.7 Å². The second kappa shape index (κ2) is 12.5. The molecule has 0 saturated heterocycles. The number of carbonyl (C=O) groups excluding carboxylic acids is 2. The van der Waals surface area contributed by atoms with Gasteiger partial charge in [0.05, 0.1) is 23.0 Å². The molecule has 43 heavy (non-hydrogen) atoms. The third-order valence-corrected chi connectivity index (χ3v) is 8.31. The van der Waals surface area contributed by atoms with Crippen molar-refractivity contribution in [3.05, 3.63) is 155 Å². The summed E-state index contributed by atoms with van der Waals surface area (Å²) in [5.41, 5.74) is 6.86. The zero-order chi connectivity index (χ0) is 29.8. The van der Waals surface area contributed by atoms with Gasteiger partial charge in [-0.1, -0.05) is 116 Å². The van der Waals surface area contributed by atoms with Crippen molar-refractivity contribution in [1.29, 1.82) is 0 Å². The van der Waals surface area contributed by atoms with Gasteiger partial charge in [-0.2, -0.15) is 0 Å². The first-order valence-corrected chi connectivity index (χ1v) is 15.1. The molecule has 1 aromatic heterocycles. The van der Waals surface area contributed by atoms with Crippen molar-refractivity contribution in [3.63, 3.8) is 0 Å². The van der Waals surface area contributed by atoms with Crippen LogP contribution < -0.4 is 4.90 Å². The molecule has 0 spiro atoms. The number of aryl methyl sites for hydroxylation is 1. The molecule has 1 aliphatic rings. The van der Waals surface area contributed by atoms with Gasteiger partial charge in [0.25, 0.3) is 0 Å². The monoisotopic (exact) mass is 567 g/mol. The third-order valence-electron chi connectivity index (χ3n) is 8.31. The minimum Gasteiger partial charge on any atom is -0.333 e. The summed E-state index contributed by atoms with van der Waals surface area (Å²) in [6, 6.07) is 40.0. The number of aromatic nitrogens is 1. The smallest absolute Gasteiger partial charge is 0.247 e. The Kier molecular flexibility index (Phi) is 8.23. The highest BCUT2D eigenvalue weighted by Crippen LogP contribution is 2.42. The van der Waals surface area contributed by atoms with Crippen molar-refractivity contribution >= 4 is 17.5 Å². The molecule has 0 bridgehead atoms. The zero-order valence-corrected chi connectivity index (χ0v) is 24.8. The molecular formula is C38H37N3O2. The van der Waals surface area contributed by atoms with Crippen LogP contribution in [0.25, 0.3) is 5.69 Å². The van der Waals surface area contributed by atoms with E-state index in [-0.39, 0.29) is 24.4 Å². The lowest BCUT2D eigenvalue weighted by molar-refractivity contribution is -0.136. The molecule has 0 saturated carbocycles. The second-order valence-corrected chi connectivity index (χ2v) is 11.2. The number of nitrogens with zero attached hydrogens (tertiary/aromatic N) is 3. The van der Waals surface area contributed by atoms with E-state index in [1.54, 1.807) is 4.90 Å². The highest BCUT2D eigenvalue weighted by Gasteiger charge is 2.38. The number of anilines is 1. The van der Waals surface area contributed by atoms with Crippen molar-refractivity contribution in [2.75, 3.05) is 18.0 Å². The van der Waals surface area contributed by atoms with Gasteiger partial charge in [-0.3, -0.25) is 14.5 Å². The maximum Gasteiger partial charge on any atom is 0.247 e. The van der Waals surface area contributed by atoms with Crippen LogP contribution in [0.5, 0.6) is 0 Å². The van der Waals surface area contributed by atoms with Crippen LogP contribution in [0.15, 0.2) is 128 Å². The molecule has 4 aromatic carbocycles. The van der Waals surface area contributed by atoms with Crippen LogP contribution in [0.3, 0.4) is 0 Å². The number of unbranched alkanes of at least 4 members (excludes halogenated alkanes) is 1. The van der Waals surface area contributed by atoms with Gasteiger partial charge in [0.1, 0.15) is 12.6 Å². The number of para-hydroxylation sites is 2. The summed E-state index contributed by atoms with van der Waals surface area (Å²) in [5.74, 6) is -0.652. The number of hydrogen-bond acceptors (Lipinski definition) is 2. The fourth-order valence-electron chi connectivity index (χ4n) is 6.13. The van der Waals surface area contributed by atoms with E-state index in [1.807, 2.05) is 95.9 Å². The Labute approximate surface area is 254 Å². The van der Waals surface area contributed by atoms with Crippen molar-refractivity contribution in [2.45, 2.75) is 38.6 Å². The third kappa shape index (κ3) is 5.63. The molecule has 0 aliphatic carbocycles. The van der Waals surface area contributed by atoms with Gasteiger partial charge in [0.15, 0.2) is 0 Å². The zero-order valence-electron chi connectivity index (χ0n) is 24.8. The lowest BCUT2D eigenvalue weighted by Gasteiger charge is -2.40. The average Bonchev–Trinajstić information content (AvgIpc) is 3.54. The summed E-state index contributed by atoms with van der Waals surface area (Å²) in [4.78, 5) is 32.8. The van der Waals surface area contributed by atoms with Crippen molar-refractivity contribution in [3.8, 4) is 5.69 Å². The Bertz CT molecular complexity index is 1650. The number of fused-ring (bicyclic) bond motifs is 3. The molecule has 0 radical (unpaired) electrons. The largest absolute Gasteiger partial charge is 0.333 e. The van der Waals surface area contributed by atoms with Crippen LogP contribution >= 0.6 is 0 Å². The summed E-state index contributed by atoms with van der Waals surface area (Å²) in [6.07, 6.45) is 3.79. The molecule has 5 nitrogen and oxygen atoms in total. The maximum absolute atomic E-state index is 14.6. The van der Waals surface area contributed by atoms with Crippen LogP contribution in [-0.4, -0.2) is 34.4 Å². The Morgan fingerprint density at radius 2 is 1.35 bits per heavy atom. The van der Waals surface area contributed by atoms with E-state index in [1.165, 1.54) is 0 Å². The molecular weight excluding hydrogens is 530 g/mol. The molecule has 5 heteroatoms. The Morgan fingerprint density at radius 3 is 1.98 bits per heavy atom. The predicted molar refractivity (Wildman–Crippen MR) is 172 cm³/mol. The SMILES string of the molecule is CCCCN(CC(=O)N1c2ccccc2-n2cccc2C1c1ccc(C)cc1)C(=O)C(c1ccccc1)c1ccccc1. The number of hydrogen-bond donors (Lipinski definition) is 0. The summed E-state index contributed by atoms with van der Waals surface area (Å²) in [7, 11) is 0. The van der Waals surface area contributed by atoms with E-state index in [9.17, 15) is 9.59 Å². The first-order valence-electron chi connectivity index (χ1n) is 15.1. The molecule has 0 fully saturated rings. The first kappa shape index (κ1) is 28.2. The molecule has 1 atom stereocenters. The van der Waals surface area contributed by atoms with E-state index < -0.39 is 5.92 Å². The lowest BCUT2D eigenvalue weighted by atomic mass is 9.90. The van der Waals surface area contributed by atoms with Gasteiger partial charge in [-0.05, 0) is 54.3 Å². The summed E-state index contributed by atoms with van der Waals surface area (Å²) in [6.45, 7) is 4.68. The van der Waals surface area contributed by atoms with Crippen LogP contribution in [0, 0.1) is 6.92 Å². The normalized spacial score (nSPS) is 13.8. The molecule has 5 aromatic rings. The van der Waals surface area contributed by atoms with Crippen LogP contribution in [0.4, 0.5) is 5.69 Å². The average molecular weight is 568 g/mol. The molecule has 2 heterocycles. The topological polar surface area (TPSA) is 45.6 Å². The van der Waals surface area contributed by atoms with Gasteiger partial charge in [-0.25, -0.2) is 0 Å². The fraction of sp³-hybridized carbons (Fsp3) is 0.211. The fourth-order valence-corrected chi connectivity index (χ4v) is 6.13. The van der Waals surface area contributed by atoms with Crippen LogP contribution in [0.2, 0.25) is 0 Å². The number of rotatable bonds is 9. The number of carbonyl (C=O) groups is 2. The van der Waals surface area contributed by atoms with Crippen molar-refractivity contribution in [2.24, 2.45) is 0 Å². The molecule has 2 amide bonds. The van der Waals surface area contributed by atoms with E-state index in [4.69, 9.17) is 0 Å². The minimum absolute atomic E-state index is 0.00754. The van der Waals surface area contributed by atoms with Gasteiger partial charge in [0.2, 0.25) is 11.8 Å². The quantitative estimate of drug-likeness (QED) is 0.183. The number of amides is 2. The van der Waals surface area contributed by atoms with Crippen molar-refractivity contribution in [1.82, 2.24) is 9.47 Å². The Morgan fingerprint density at radius 1 is 0.744 bits per heavy atom. The van der Waals surface area contributed by atoms with E-state index >= 15 is 0 Å². The molecule has 1 aliphatic heterocycles. The molecule has 1 unspecified atom stereocenters. The molecule has 0 N–H and O–H groups in total. The predicted octanol–water partition coefficient (Wildman–Crippen LogP) is 7.68. The molecule has 6 rings (SSSR count). The minimum atomic E-state index is -0.495. The summed E-state index contributed by atoms with van der Waals surface area (Å²) in [5, 5.41) is 0. The van der Waals surface area contributed by atoms with E-state index in [2.05, 4.69) is 54.9 Å². The summed E-state index contributed by atoms with van der Waals surface area (Å²) >= 11 is 0. The highest BCUT2D eigenvalue weighted by molar-refractivity contribution is 6.01. The first-order chi connectivity index (χ1) is 21.1. The van der Waals surface area contributed by atoms with Gasteiger partial charge in [0, 0.05) is 12.7 Å². The van der Waals surface area contributed by atoms with Crippen molar-refractivity contribution < 1.29 is 9.59 Å².